The second kappa shape index (κ2) is 2.40. The Labute approximate surface area is 55.4 Å². The molecule has 0 amide bonds. The van der Waals surface area contributed by atoms with Crippen LogP contribution in [0.4, 0.5) is 5.13 Å². The first-order valence-electron chi connectivity index (χ1n) is 2.15. The van der Waals surface area contributed by atoms with Gasteiger partial charge in [0, 0.05) is 0 Å². The molecule has 0 radical (unpaired) electrons. The second-order valence-corrected chi connectivity index (χ2v) is 2.07. The summed E-state index contributed by atoms with van der Waals surface area (Å²) < 4.78 is 0. The van der Waals surface area contributed by atoms with Gasteiger partial charge in [-0.2, -0.15) is 4.99 Å². The molecule has 5 nitrogen and oxygen atoms in total. The predicted octanol–water partition coefficient (Wildman–Crippen LogP) is -0.557. The van der Waals surface area contributed by atoms with Gasteiger partial charge in [0.1, 0.15) is 5.51 Å². The van der Waals surface area contributed by atoms with Crippen LogP contribution in [0.25, 0.3) is 0 Å². The molecule has 6 heteroatoms. The van der Waals surface area contributed by atoms with Crippen LogP contribution in [0.5, 0.6) is 0 Å². The summed E-state index contributed by atoms with van der Waals surface area (Å²) in [5, 5.41) is 7.58. The fraction of sp³-hybridized carbons (Fsp3) is 0. The quantitative estimate of drug-likeness (QED) is 0.407. The third kappa shape index (κ3) is 1.65. The van der Waals surface area contributed by atoms with E-state index in [1.54, 1.807) is 5.51 Å². The van der Waals surface area contributed by atoms with Crippen molar-refractivity contribution in [2.24, 2.45) is 16.5 Å². The van der Waals surface area contributed by atoms with Crippen molar-refractivity contribution in [1.29, 1.82) is 0 Å². The first-order chi connectivity index (χ1) is 4.29. The normalized spacial score (nSPS) is 8.89. The zero-order chi connectivity index (χ0) is 6.69. The Bertz CT molecular complexity index is 198. The molecule has 0 saturated carbocycles. The van der Waals surface area contributed by atoms with Crippen LogP contribution in [0, 0.1) is 0 Å². The molecule has 4 N–H and O–H groups in total. The molecule has 0 aliphatic carbocycles. The zero-order valence-electron chi connectivity index (χ0n) is 4.48. The van der Waals surface area contributed by atoms with Gasteiger partial charge in [-0.15, -0.1) is 10.2 Å². The van der Waals surface area contributed by atoms with Crippen molar-refractivity contribution in [2.75, 3.05) is 0 Å². The summed E-state index contributed by atoms with van der Waals surface area (Å²) in [7, 11) is 0. The molecule has 0 bridgehead atoms. The monoisotopic (exact) mass is 143 g/mol. The molecule has 1 aromatic heterocycles. The Kier molecular flexibility index (Phi) is 1.59. The highest BCUT2D eigenvalue weighted by molar-refractivity contribution is 7.13. The lowest BCUT2D eigenvalue weighted by Crippen LogP contribution is -2.21. The Hall–Kier alpha value is -1.17. The topological polar surface area (TPSA) is 90.2 Å². The number of aliphatic imine (C=N–C) groups is 1. The summed E-state index contributed by atoms with van der Waals surface area (Å²) in [6, 6.07) is 0. The number of hydrogen-bond donors (Lipinski definition) is 2. The van der Waals surface area contributed by atoms with Gasteiger partial charge in [0.25, 0.3) is 0 Å². The lowest BCUT2D eigenvalue weighted by molar-refractivity contribution is 1.08. The zero-order valence-corrected chi connectivity index (χ0v) is 5.30. The first-order valence-corrected chi connectivity index (χ1v) is 3.03. The molecule has 0 aliphatic rings. The Balaban J connectivity index is 2.80. The summed E-state index contributed by atoms with van der Waals surface area (Å²) >= 11 is 1.28. The maximum atomic E-state index is 5.05. The summed E-state index contributed by atoms with van der Waals surface area (Å²) in [6.07, 6.45) is 0. The number of nitrogens with two attached hydrogens (primary N) is 2. The Morgan fingerprint density at radius 2 is 2.44 bits per heavy atom. The molecule has 0 aliphatic heterocycles. The summed E-state index contributed by atoms with van der Waals surface area (Å²) in [6.45, 7) is 0. The molecule has 1 aromatic rings. The molecule has 0 aromatic carbocycles. The molecule has 0 unspecified atom stereocenters. The largest absolute Gasteiger partial charge is 0.370 e. The number of hydrogen-bond acceptors (Lipinski definition) is 4. The van der Waals surface area contributed by atoms with Crippen molar-refractivity contribution >= 4 is 22.4 Å². The average molecular weight is 143 g/mol. The van der Waals surface area contributed by atoms with E-state index in [1.807, 2.05) is 0 Å². The average Bonchev–Trinajstić information content (AvgIpc) is 2.15. The van der Waals surface area contributed by atoms with Crippen LogP contribution in [0.3, 0.4) is 0 Å². The van der Waals surface area contributed by atoms with Crippen LogP contribution >= 0.6 is 11.3 Å². The van der Waals surface area contributed by atoms with Crippen LogP contribution < -0.4 is 11.5 Å². The predicted molar refractivity (Wildman–Crippen MR) is 35.4 cm³/mol. The van der Waals surface area contributed by atoms with E-state index in [0.717, 1.165) is 0 Å². The minimum absolute atomic E-state index is 0.00625. The van der Waals surface area contributed by atoms with Crippen LogP contribution in [-0.4, -0.2) is 16.2 Å². The molecule has 48 valence electrons. The van der Waals surface area contributed by atoms with Crippen molar-refractivity contribution < 1.29 is 0 Å². The second-order valence-electron chi connectivity index (χ2n) is 1.26. The third-order valence-corrected chi connectivity index (χ3v) is 1.16. The Morgan fingerprint density at radius 3 is 2.89 bits per heavy atom. The molecular weight excluding hydrogens is 138 g/mol. The van der Waals surface area contributed by atoms with E-state index < -0.39 is 0 Å². The molecular formula is C3H5N5S. The van der Waals surface area contributed by atoms with E-state index in [4.69, 9.17) is 11.5 Å². The van der Waals surface area contributed by atoms with Gasteiger partial charge in [0.15, 0.2) is 5.96 Å². The fourth-order valence-corrected chi connectivity index (χ4v) is 0.767. The van der Waals surface area contributed by atoms with Crippen LogP contribution in [0.1, 0.15) is 0 Å². The van der Waals surface area contributed by atoms with Gasteiger partial charge in [-0.3, -0.25) is 0 Å². The minimum Gasteiger partial charge on any atom is -0.370 e. The van der Waals surface area contributed by atoms with E-state index >= 15 is 0 Å². The molecule has 9 heavy (non-hydrogen) atoms. The summed E-state index contributed by atoms with van der Waals surface area (Å²) in [5.41, 5.74) is 11.7. The highest BCUT2D eigenvalue weighted by Gasteiger charge is 1.89. The van der Waals surface area contributed by atoms with Gasteiger partial charge >= 0.3 is 0 Å². The van der Waals surface area contributed by atoms with E-state index in [2.05, 4.69) is 15.2 Å². The highest BCUT2D eigenvalue weighted by atomic mass is 32.1. The standard InChI is InChI=1S/C3H5N5S/c4-2(5)7-3-8-6-1-9-3/h1H,(H4,4,5,7,8). The molecule has 1 heterocycles. The summed E-state index contributed by atoms with van der Waals surface area (Å²) in [4.78, 5) is 3.64. The van der Waals surface area contributed by atoms with Gasteiger partial charge in [-0.25, -0.2) is 0 Å². The van der Waals surface area contributed by atoms with Crippen LogP contribution in [0.15, 0.2) is 10.5 Å². The van der Waals surface area contributed by atoms with Gasteiger partial charge in [0.05, 0.1) is 0 Å². The third-order valence-electron chi connectivity index (χ3n) is 0.573. The van der Waals surface area contributed by atoms with Crippen molar-refractivity contribution in [3.8, 4) is 0 Å². The minimum atomic E-state index is 0.00625. The van der Waals surface area contributed by atoms with Crippen molar-refractivity contribution in [3.63, 3.8) is 0 Å². The maximum Gasteiger partial charge on any atom is 0.234 e. The van der Waals surface area contributed by atoms with Crippen molar-refractivity contribution in [3.05, 3.63) is 5.51 Å². The lowest BCUT2D eigenvalue weighted by atomic mass is 11.0. The van der Waals surface area contributed by atoms with E-state index in [-0.39, 0.29) is 5.96 Å². The maximum absolute atomic E-state index is 5.05. The van der Waals surface area contributed by atoms with Gasteiger partial charge in [-0.05, 0) is 0 Å². The van der Waals surface area contributed by atoms with Crippen LogP contribution in [-0.2, 0) is 0 Å². The number of nitrogens with zero attached hydrogens (tertiary/aromatic N) is 3. The van der Waals surface area contributed by atoms with E-state index in [0.29, 0.717) is 5.13 Å². The molecule has 0 spiro atoms. The molecule has 0 saturated heterocycles. The molecule has 1 rings (SSSR count). The van der Waals surface area contributed by atoms with Crippen LogP contribution in [0.2, 0.25) is 0 Å². The lowest BCUT2D eigenvalue weighted by Gasteiger charge is -1.82. The Morgan fingerprint density at radius 1 is 1.67 bits per heavy atom. The van der Waals surface area contributed by atoms with Gasteiger partial charge in [-0.1, -0.05) is 11.3 Å². The molecule has 0 fully saturated rings. The number of aromatic nitrogens is 2. The smallest absolute Gasteiger partial charge is 0.234 e. The van der Waals surface area contributed by atoms with E-state index in [1.165, 1.54) is 11.3 Å². The van der Waals surface area contributed by atoms with Crippen molar-refractivity contribution in [2.45, 2.75) is 0 Å². The fourth-order valence-electron chi connectivity index (χ4n) is 0.326. The highest BCUT2D eigenvalue weighted by Crippen LogP contribution is 2.10. The first kappa shape index (κ1) is 5.96. The number of guanidine groups is 1. The number of rotatable bonds is 1. The van der Waals surface area contributed by atoms with Gasteiger partial charge in [0.2, 0.25) is 5.13 Å². The SMILES string of the molecule is NC(N)=Nc1nncs1. The summed E-state index contributed by atoms with van der Waals surface area (Å²) in [5.74, 6) is 0.00625. The van der Waals surface area contributed by atoms with E-state index in [9.17, 15) is 0 Å². The molecule has 0 atom stereocenters. The van der Waals surface area contributed by atoms with Crippen molar-refractivity contribution in [1.82, 2.24) is 10.2 Å². The van der Waals surface area contributed by atoms with Gasteiger partial charge < -0.3 is 11.5 Å².